The van der Waals surface area contributed by atoms with Crippen molar-refractivity contribution in [3.8, 4) is 0 Å². The molecule has 0 aromatic heterocycles. The van der Waals surface area contributed by atoms with Gasteiger partial charge in [0.25, 0.3) is 11.6 Å². The lowest BCUT2D eigenvalue weighted by Crippen LogP contribution is -2.46. The fraction of sp³-hybridized carbons (Fsp3) is 0.500. The summed E-state index contributed by atoms with van der Waals surface area (Å²) in [5.74, 6) is -0.267. The third-order valence-corrected chi connectivity index (χ3v) is 3.98. The van der Waals surface area contributed by atoms with Gasteiger partial charge in [-0.1, -0.05) is 28.9 Å². The van der Waals surface area contributed by atoms with Crippen molar-refractivity contribution >= 4 is 27.5 Å². The van der Waals surface area contributed by atoms with E-state index in [0.717, 1.165) is 18.2 Å². The van der Waals surface area contributed by atoms with E-state index in [4.69, 9.17) is 0 Å². The van der Waals surface area contributed by atoms with Gasteiger partial charge in [-0.2, -0.15) is 0 Å². The molecule has 0 heterocycles. The first-order valence-electron chi connectivity index (χ1n) is 6.47. The van der Waals surface area contributed by atoms with Crippen LogP contribution in [0.5, 0.6) is 0 Å². The van der Waals surface area contributed by atoms with Crippen molar-refractivity contribution in [3.63, 3.8) is 0 Å². The third kappa shape index (κ3) is 3.79. The summed E-state index contributed by atoms with van der Waals surface area (Å²) in [6.07, 6.45) is 1.58. The topological polar surface area (TPSA) is 72.2 Å². The van der Waals surface area contributed by atoms with Crippen LogP contribution in [-0.2, 0) is 0 Å². The van der Waals surface area contributed by atoms with Crippen LogP contribution < -0.4 is 5.32 Å². The number of carbonyl (C=O) groups is 1. The van der Waals surface area contributed by atoms with Crippen LogP contribution in [0.3, 0.4) is 0 Å². The first kappa shape index (κ1) is 16.6. The summed E-state index contributed by atoms with van der Waals surface area (Å²) >= 11 is 3.38. The van der Waals surface area contributed by atoms with Gasteiger partial charge >= 0.3 is 0 Å². The van der Waals surface area contributed by atoms with Gasteiger partial charge in [-0.05, 0) is 32.8 Å². The van der Waals surface area contributed by atoms with E-state index in [1.54, 1.807) is 13.0 Å². The molecule has 0 saturated heterocycles. The molecule has 0 aliphatic carbocycles. The van der Waals surface area contributed by atoms with Crippen molar-refractivity contribution in [3.05, 3.63) is 39.4 Å². The Labute approximate surface area is 127 Å². The summed E-state index contributed by atoms with van der Waals surface area (Å²) in [6, 6.07) is 4.55. The Kier molecular flexibility index (Phi) is 5.68. The van der Waals surface area contributed by atoms with Gasteiger partial charge in [0.05, 0.1) is 4.92 Å². The summed E-state index contributed by atoms with van der Waals surface area (Å²) in [6.45, 7) is 5.57. The van der Waals surface area contributed by atoms with E-state index < -0.39 is 4.92 Å². The second kappa shape index (κ2) is 6.83. The number of rotatable bonds is 6. The molecule has 110 valence electrons. The maximum Gasteiger partial charge on any atom is 0.273 e. The van der Waals surface area contributed by atoms with Crippen LogP contribution in [0.4, 0.5) is 5.69 Å². The quantitative estimate of drug-likeness (QED) is 0.487. The Balaban J connectivity index is 3.04. The highest BCUT2D eigenvalue weighted by atomic mass is 79.9. The minimum atomic E-state index is -0.469. The normalized spacial score (nSPS) is 13.6. The maximum absolute atomic E-state index is 12.3. The zero-order valence-electron chi connectivity index (χ0n) is 11.9. The molecule has 1 aromatic rings. The van der Waals surface area contributed by atoms with Crippen molar-refractivity contribution in [1.29, 1.82) is 0 Å². The van der Waals surface area contributed by atoms with Gasteiger partial charge in [-0.3, -0.25) is 14.9 Å². The number of carbonyl (C=O) groups excluding carboxylic acids is 1. The zero-order valence-corrected chi connectivity index (χ0v) is 13.5. The molecule has 1 rings (SSSR count). The lowest BCUT2D eigenvalue weighted by Gasteiger charge is -2.29. The van der Waals surface area contributed by atoms with E-state index in [1.807, 2.05) is 13.8 Å². The number of nitrogens with one attached hydrogen (secondary N) is 1. The Hall–Kier alpha value is -1.43. The number of amides is 1. The second-order valence-electron chi connectivity index (χ2n) is 5.01. The van der Waals surface area contributed by atoms with E-state index in [9.17, 15) is 14.9 Å². The number of benzene rings is 1. The standard InChI is InChI=1S/C14H19BrN2O3/c1-4-14(3,8-9-15)16-13(18)11-6-5-7-12(10(11)2)17(19)20/h5-7H,4,8-9H2,1-3H3,(H,16,18). The SMILES string of the molecule is CCC(C)(CCBr)NC(=O)c1cccc([N+](=O)[O-])c1C. The van der Waals surface area contributed by atoms with Gasteiger partial charge in [-0.15, -0.1) is 0 Å². The van der Waals surface area contributed by atoms with Crippen LogP contribution in [-0.4, -0.2) is 21.7 Å². The average molecular weight is 343 g/mol. The predicted molar refractivity (Wildman–Crippen MR) is 82.4 cm³/mol. The van der Waals surface area contributed by atoms with Crippen molar-refractivity contribution < 1.29 is 9.72 Å². The lowest BCUT2D eigenvalue weighted by atomic mass is 9.94. The number of alkyl halides is 1. The molecule has 20 heavy (non-hydrogen) atoms. The van der Waals surface area contributed by atoms with Gasteiger partial charge in [0.2, 0.25) is 0 Å². The van der Waals surface area contributed by atoms with Crippen molar-refractivity contribution in [2.75, 3.05) is 5.33 Å². The molecule has 0 spiro atoms. The molecule has 0 saturated carbocycles. The van der Waals surface area contributed by atoms with E-state index in [2.05, 4.69) is 21.2 Å². The van der Waals surface area contributed by atoms with Crippen LogP contribution in [0.2, 0.25) is 0 Å². The largest absolute Gasteiger partial charge is 0.347 e. The highest BCUT2D eigenvalue weighted by molar-refractivity contribution is 9.09. The van der Waals surface area contributed by atoms with Gasteiger partial charge in [0.1, 0.15) is 0 Å². The van der Waals surface area contributed by atoms with Crippen LogP contribution >= 0.6 is 15.9 Å². The molecule has 6 heteroatoms. The van der Waals surface area contributed by atoms with E-state index in [0.29, 0.717) is 11.1 Å². The highest BCUT2D eigenvalue weighted by Crippen LogP contribution is 2.23. The molecule has 5 nitrogen and oxygen atoms in total. The molecular weight excluding hydrogens is 324 g/mol. The number of nitro benzene ring substituents is 1. The Morgan fingerprint density at radius 1 is 1.50 bits per heavy atom. The molecule has 1 aromatic carbocycles. The Morgan fingerprint density at radius 3 is 2.65 bits per heavy atom. The fourth-order valence-corrected chi connectivity index (χ4v) is 2.82. The number of nitro groups is 1. The number of nitrogens with zero attached hydrogens (tertiary/aromatic N) is 1. The van der Waals surface area contributed by atoms with Crippen molar-refractivity contribution in [2.45, 2.75) is 39.2 Å². The number of halogens is 1. The molecule has 0 radical (unpaired) electrons. The Morgan fingerprint density at radius 2 is 2.15 bits per heavy atom. The smallest absolute Gasteiger partial charge is 0.273 e. The Bertz CT molecular complexity index is 519. The lowest BCUT2D eigenvalue weighted by molar-refractivity contribution is -0.385. The monoisotopic (exact) mass is 342 g/mol. The molecule has 1 unspecified atom stereocenters. The summed E-state index contributed by atoms with van der Waals surface area (Å²) in [5, 5.41) is 14.7. The molecule has 0 bridgehead atoms. The second-order valence-corrected chi connectivity index (χ2v) is 5.81. The average Bonchev–Trinajstić information content (AvgIpc) is 2.38. The molecule has 0 aliphatic rings. The molecule has 1 amide bonds. The highest BCUT2D eigenvalue weighted by Gasteiger charge is 2.26. The van der Waals surface area contributed by atoms with Gasteiger partial charge in [-0.25, -0.2) is 0 Å². The van der Waals surface area contributed by atoms with E-state index >= 15 is 0 Å². The number of hydrogen-bond acceptors (Lipinski definition) is 3. The van der Waals surface area contributed by atoms with Crippen molar-refractivity contribution in [2.24, 2.45) is 0 Å². The third-order valence-electron chi connectivity index (χ3n) is 3.59. The summed E-state index contributed by atoms with van der Waals surface area (Å²) in [7, 11) is 0. The fourth-order valence-electron chi connectivity index (χ4n) is 1.94. The van der Waals surface area contributed by atoms with Gasteiger partial charge < -0.3 is 5.32 Å². The molecule has 0 aliphatic heterocycles. The molecule has 1 N–H and O–H groups in total. The van der Waals surface area contributed by atoms with Crippen LogP contribution in [0.15, 0.2) is 18.2 Å². The molecule has 0 fully saturated rings. The summed E-state index contributed by atoms with van der Waals surface area (Å²) < 4.78 is 0. The minimum absolute atomic E-state index is 0.0312. The summed E-state index contributed by atoms with van der Waals surface area (Å²) in [4.78, 5) is 22.8. The predicted octanol–water partition coefficient (Wildman–Crippen LogP) is 3.59. The van der Waals surface area contributed by atoms with Crippen LogP contribution in [0.25, 0.3) is 0 Å². The minimum Gasteiger partial charge on any atom is -0.347 e. The summed E-state index contributed by atoms with van der Waals surface area (Å²) in [5.41, 5.74) is 0.398. The first-order chi connectivity index (χ1) is 9.34. The first-order valence-corrected chi connectivity index (χ1v) is 7.59. The zero-order chi connectivity index (χ0) is 15.3. The van der Waals surface area contributed by atoms with Crippen LogP contribution in [0, 0.1) is 17.0 Å². The van der Waals surface area contributed by atoms with E-state index in [-0.39, 0.29) is 17.1 Å². The number of hydrogen-bond donors (Lipinski definition) is 1. The van der Waals surface area contributed by atoms with Gasteiger partial charge in [0, 0.05) is 28.1 Å². The molecular formula is C14H19BrN2O3. The molecule has 1 atom stereocenters. The van der Waals surface area contributed by atoms with Crippen LogP contribution in [0.1, 0.15) is 42.6 Å². The van der Waals surface area contributed by atoms with E-state index in [1.165, 1.54) is 12.1 Å². The van der Waals surface area contributed by atoms with Gasteiger partial charge in [0.15, 0.2) is 0 Å². The maximum atomic E-state index is 12.3. The van der Waals surface area contributed by atoms with Crippen molar-refractivity contribution in [1.82, 2.24) is 5.32 Å².